The largest absolute Gasteiger partial charge is 0.280 e. The van der Waals surface area contributed by atoms with Gasteiger partial charge in [-0.05, 0) is 59.9 Å². The lowest BCUT2D eigenvalue weighted by molar-refractivity contribution is -0.570. The Balaban J connectivity index is 1.52. The molecule has 2 atom stereocenters. The molecule has 1 aromatic heterocycles. The van der Waals surface area contributed by atoms with Crippen LogP contribution in [0.1, 0.15) is 35.4 Å². The van der Waals surface area contributed by atoms with Crippen LogP contribution >= 0.6 is 0 Å². The van der Waals surface area contributed by atoms with Gasteiger partial charge in [-0.15, -0.1) is 0 Å². The van der Waals surface area contributed by atoms with Gasteiger partial charge >= 0.3 is 0 Å². The highest BCUT2D eigenvalue weighted by Crippen LogP contribution is 2.39. The number of nitrogens with zero attached hydrogens (tertiary/aromatic N) is 2. The van der Waals surface area contributed by atoms with Crippen LogP contribution < -0.4 is 9.75 Å². The maximum absolute atomic E-state index is 5.53. The van der Waals surface area contributed by atoms with Crippen LogP contribution in [0.3, 0.4) is 0 Å². The van der Waals surface area contributed by atoms with Crippen LogP contribution in [-0.2, 0) is 6.42 Å². The molecule has 0 saturated carbocycles. The van der Waals surface area contributed by atoms with Crippen molar-refractivity contribution in [3.05, 3.63) is 127 Å². The average Bonchev–Trinajstić information content (AvgIpc) is 2.99. The minimum absolute atomic E-state index is 0.152. The van der Waals surface area contributed by atoms with Gasteiger partial charge in [0.05, 0.1) is 26.2 Å². The Bertz CT molecular complexity index is 1750. The van der Waals surface area contributed by atoms with E-state index in [2.05, 4.69) is 147 Å². The molecular formula is C40H47N2Si2+. The minimum atomic E-state index is -1.71. The zero-order chi connectivity index (χ0) is 31.1. The summed E-state index contributed by atoms with van der Waals surface area (Å²) < 4.78 is 2.43. The van der Waals surface area contributed by atoms with Gasteiger partial charge in [0.1, 0.15) is 0 Å². The number of benzene rings is 3. The Morgan fingerprint density at radius 1 is 0.841 bits per heavy atom. The molecule has 0 aliphatic carbocycles. The summed E-state index contributed by atoms with van der Waals surface area (Å²) in [7, 11) is -2.90. The molecule has 4 aromatic rings. The topological polar surface area (TPSA) is 16.2 Å². The molecule has 0 amide bonds. The van der Waals surface area contributed by atoms with E-state index in [0.29, 0.717) is 5.92 Å². The number of fused-ring (bicyclic) bond motifs is 6. The Morgan fingerprint density at radius 2 is 1.52 bits per heavy atom. The predicted octanol–water partition coefficient (Wildman–Crippen LogP) is 9.51. The number of aryl methyl sites for hydroxylation is 1. The third-order valence-electron chi connectivity index (χ3n) is 9.20. The van der Waals surface area contributed by atoms with E-state index in [1.165, 1.54) is 44.3 Å². The standard InChI is InChI=1S/C40H47N2Si2/c1-29-26-38-35(33-20-13-14-21-34(33)37(41-38)22-15-25-43(2,3)4)24-23-31-18-11-12-19-32(31)39-27-36(30-16-9-8-10-17-30)40(28-42(29)39)44(5,6)7/h8-22,27-28,35,38H,1,23-26H2,2-7H3/q+1/b22-15-. The molecule has 3 aromatic carbocycles. The van der Waals surface area contributed by atoms with Gasteiger partial charge in [0, 0.05) is 36.4 Å². The molecule has 44 heavy (non-hydrogen) atoms. The van der Waals surface area contributed by atoms with Gasteiger partial charge in [0.15, 0.2) is 11.9 Å². The fourth-order valence-corrected chi connectivity index (χ4v) is 9.27. The molecule has 2 unspecified atom stereocenters. The smallest absolute Gasteiger partial charge is 0.218 e. The van der Waals surface area contributed by atoms with Crippen molar-refractivity contribution in [1.29, 1.82) is 0 Å². The van der Waals surface area contributed by atoms with Gasteiger partial charge in [-0.1, -0.05) is 118 Å². The Hall–Kier alpha value is -3.61. The van der Waals surface area contributed by atoms with Crippen molar-refractivity contribution in [3.63, 3.8) is 0 Å². The molecular weight excluding hydrogens is 565 g/mol. The minimum Gasteiger partial charge on any atom is -0.280 e. The normalized spacial score (nSPS) is 18.6. The third kappa shape index (κ3) is 6.29. The van der Waals surface area contributed by atoms with E-state index in [9.17, 15) is 0 Å². The van der Waals surface area contributed by atoms with E-state index in [4.69, 9.17) is 11.6 Å². The summed E-state index contributed by atoms with van der Waals surface area (Å²) >= 11 is 0. The van der Waals surface area contributed by atoms with Crippen molar-refractivity contribution in [1.82, 2.24) is 0 Å². The van der Waals surface area contributed by atoms with Crippen LogP contribution in [0.4, 0.5) is 0 Å². The summed E-state index contributed by atoms with van der Waals surface area (Å²) in [5, 5.41) is 1.46. The number of hydrogen-bond donors (Lipinski definition) is 0. The number of aromatic nitrogens is 1. The highest BCUT2D eigenvalue weighted by molar-refractivity contribution is 6.89. The summed E-state index contributed by atoms with van der Waals surface area (Å²) in [5.74, 6) is 0.354. The molecule has 0 bridgehead atoms. The van der Waals surface area contributed by atoms with E-state index < -0.39 is 16.1 Å². The Kier molecular flexibility index (Phi) is 8.34. The van der Waals surface area contributed by atoms with Gasteiger partial charge in [-0.2, -0.15) is 4.57 Å². The molecule has 2 nitrogen and oxygen atoms in total. The highest BCUT2D eigenvalue weighted by atomic mass is 28.3. The lowest BCUT2D eigenvalue weighted by atomic mass is 9.78. The fraction of sp³-hybridized carbons (Fsp3) is 0.300. The van der Waals surface area contributed by atoms with Crippen LogP contribution in [-0.4, -0.2) is 27.9 Å². The summed E-state index contributed by atoms with van der Waals surface area (Å²) in [6, 6.07) is 32.7. The molecule has 224 valence electrons. The summed E-state index contributed by atoms with van der Waals surface area (Å²) in [5.41, 5.74) is 11.6. The second-order valence-electron chi connectivity index (χ2n) is 14.9. The van der Waals surface area contributed by atoms with Crippen LogP contribution in [0.5, 0.6) is 0 Å². The first-order valence-electron chi connectivity index (χ1n) is 16.3. The lowest BCUT2D eigenvalue weighted by Crippen LogP contribution is -2.48. The van der Waals surface area contributed by atoms with Crippen molar-refractivity contribution >= 4 is 32.7 Å². The second kappa shape index (κ2) is 12.1. The highest BCUT2D eigenvalue weighted by Gasteiger charge is 2.36. The van der Waals surface area contributed by atoms with Crippen LogP contribution in [0.25, 0.3) is 28.1 Å². The SMILES string of the molecule is C=C1CC2N=C(/C=C\C[Si](C)(C)C)c3ccccc3C2CCc2ccccc2-c2cc(-c3ccccc3)c([Si](C)(C)C)c[n+]21. The molecule has 0 radical (unpaired) electrons. The van der Waals surface area contributed by atoms with E-state index in [-0.39, 0.29) is 6.04 Å². The number of hydrogen-bond acceptors (Lipinski definition) is 1. The van der Waals surface area contributed by atoms with Gasteiger partial charge < -0.3 is 0 Å². The molecule has 2 aliphatic rings. The number of allylic oxidation sites excluding steroid dienone is 2. The van der Waals surface area contributed by atoms with Crippen molar-refractivity contribution in [3.8, 4) is 22.4 Å². The third-order valence-corrected chi connectivity index (χ3v) is 12.7. The van der Waals surface area contributed by atoms with Crippen LogP contribution in [0.15, 0.2) is 115 Å². The first-order chi connectivity index (χ1) is 21.0. The summed E-state index contributed by atoms with van der Waals surface area (Å²) in [6.45, 7) is 19.4. The predicted molar refractivity (Wildman–Crippen MR) is 196 cm³/mol. The molecule has 4 heteroatoms. The van der Waals surface area contributed by atoms with Gasteiger partial charge in [0.2, 0.25) is 5.69 Å². The monoisotopic (exact) mass is 611 g/mol. The van der Waals surface area contributed by atoms with E-state index in [1.54, 1.807) is 0 Å². The molecule has 2 aliphatic heterocycles. The zero-order valence-electron chi connectivity index (χ0n) is 27.4. The fourth-order valence-electron chi connectivity index (χ4n) is 6.91. The second-order valence-corrected chi connectivity index (χ2v) is 25.4. The Morgan fingerprint density at radius 3 is 2.25 bits per heavy atom. The molecule has 6 rings (SSSR count). The molecule has 3 heterocycles. The lowest BCUT2D eigenvalue weighted by Gasteiger charge is -2.32. The van der Waals surface area contributed by atoms with Crippen molar-refractivity contribution in [2.75, 3.05) is 0 Å². The van der Waals surface area contributed by atoms with Gasteiger partial charge in [0.25, 0.3) is 0 Å². The first-order valence-corrected chi connectivity index (χ1v) is 23.5. The van der Waals surface area contributed by atoms with Crippen molar-refractivity contribution < 1.29 is 4.57 Å². The molecule has 0 spiro atoms. The van der Waals surface area contributed by atoms with Gasteiger partial charge in [-0.25, -0.2) is 0 Å². The van der Waals surface area contributed by atoms with E-state index in [0.717, 1.165) is 36.7 Å². The number of aliphatic imine (C=N–C) groups is 1. The van der Waals surface area contributed by atoms with Crippen molar-refractivity contribution in [2.45, 2.75) is 76.5 Å². The van der Waals surface area contributed by atoms with E-state index in [1.807, 2.05) is 0 Å². The molecule has 0 fully saturated rings. The quantitative estimate of drug-likeness (QED) is 0.158. The van der Waals surface area contributed by atoms with Gasteiger partial charge in [-0.3, -0.25) is 4.99 Å². The van der Waals surface area contributed by atoms with Crippen LogP contribution in [0.2, 0.25) is 45.3 Å². The average molecular weight is 612 g/mol. The number of rotatable bonds is 5. The maximum atomic E-state index is 5.53. The van der Waals surface area contributed by atoms with E-state index >= 15 is 0 Å². The summed E-state index contributed by atoms with van der Waals surface area (Å²) in [6.07, 6.45) is 10.0. The van der Waals surface area contributed by atoms with Crippen LogP contribution in [0, 0.1) is 0 Å². The van der Waals surface area contributed by atoms with Crippen molar-refractivity contribution in [2.24, 2.45) is 4.99 Å². The zero-order valence-corrected chi connectivity index (χ0v) is 29.4. The Labute approximate surface area is 267 Å². The number of pyridine rings is 1. The summed E-state index contributed by atoms with van der Waals surface area (Å²) in [4.78, 5) is 5.53. The maximum Gasteiger partial charge on any atom is 0.218 e. The first kappa shape index (κ1) is 30.4. The molecule has 0 saturated heterocycles. The molecule has 0 N–H and O–H groups in total.